The predicted octanol–water partition coefficient (Wildman–Crippen LogP) is -0.131. The van der Waals surface area contributed by atoms with Gasteiger partial charge in [0.15, 0.2) is 17.0 Å². The van der Waals surface area contributed by atoms with Crippen LogP contribution in [0.4, 0.5) is 11.8 Å². The minimum Gasteiger partial charge on any atom is -0.394 e. The number of aliphatic hydroxyl groups is 2. The van der Waals surface area contributed by atoms with Gasteiger partial charge in [0, 0.05) is 12.0 Å². The third-order valence-corrected chi connectivity index (χ3v) is 4.49. The molecule has 0 amide bonds. The number of imidazole rings is 1. The number of ether oxygens (including phenoxy) is 1. The number of fused-ring (bicyclic) bond motifs is 1. The molecule has 0 bridgehead atoms. The van der Waals surface area contributed by atoms with E-state index in [0.29, 0.717) is 23.0 Å². The molecule has 2 aromatic heterocycles. The number of aliphatic hydroxyl groups excluding tert-OH is 2. The van der Waals surface area contributed by atoms with Crippen LogP contribution in [0.3, 0.4) is 0 Å². The van der Waals surface area contributed by atoms with Gasteiger partial charge in [0.05, 0.1) is 19.0 Å². The van der Waals surface area contributed by atoms with Crippen LogP contribution in [-0.2, 0) is 4.74 Å². The summed E-state index contributed by atoms with van der Waals surface area (Å²) < 4.78 is 7.51. The van der Waals surface area contributed by atoms with Crippen molar-refractivity contribution in [1.82, 2.24) is 19.5 Å². The van der Waals surface area contributed by atoms with Gasteiger partial charge in [-0.15, -0.1) is 0 Å². The summed E-state index contributed by atoms with van der Waals surface area (Å²) in [4.78, 5) is 12.9. The standard InChI is InChI=1S/C14H20N6O3/c1-6-10(22)8(4-21)23-13(6)20-5-16-9-11(17-7-2-3-7)18-14(15)19-12(9)20/h5-8,10,13,21-22H,2-4H2,1H3,(H3,15,17,18,19)/t6-,8?,10-,13?/m0/s1. The number of nitrogens with one attached hydrogen (secondary N) is 1. The summed E-state index contributed by atoms with van der Waals surface area (Å²) in [5.74, 6) is 0.576. The Hall–Kier alpha value is -1.97. The van der Waals surface area contributed by atoms with Crippen LogP contribution in [0.2, 0.25) is 0 Å². The van der Waals surface area contributed by atoms with Crippen LogP contribution in [-0.4, -0.2) is 54.6 Å². The van der Waals surface area contributed by atoms with Crippen LogP contribution >= 0.6 is 0 Å². The van der Waals surface area contributed by atoms with Crippen LogP contribution in [0.15, 0.2) is 6.33 Å². The van der Waals surface area contributed by atoms with E-state index in [-0.39, 0.29) is 18.5 Å². The average Bonchev–Trinajstić information content (AvgIpc) is 3.17. The molecule has 124 valence electrons. The number of hydrogen-bond acceptors (Lipinski definition) is 8. The van der Waals surface area contributed by atoms with E-state index in [1.807, 2.05) is 6.92 Å². The van der Waals surface area contributed by atoms with Gasteiger partial charge < -0.3 is 26.0 Å². The molecule has 0 radical (unpaired) electrons. The summed E-state index contributed by atoms with van der Waals surface area (Å²) in [6, 6.07) is 0.417. The highest BCUT2D eigenvalue weighted by Crippen LogP contribution is 2.37. The number of nitrogen functional groups attached to an aromatic ring is 1. The van der Waals surface area contributed by atoms with Crippen molar-refractivity contribution in [1.29, 1.82) is 0 Å². The monoisotopic (exact) mass is 320 g/mol. The van der Waals surface area contributed by atoms with Crippen molar-refractivity contribution >= 4 is 22.9 Å². The van der Waals surface area contributed by atoms with Crippen molar-refractivity contribution < 1.29 is 14.9 Å². The molecule has 9 nitrogen and oxygen atoms in total. The van der Waals surface area contributed by atoms with E-state index in [4.69, 9.17) is 10.5 Å². The average molecular weight is 320 g/mol. The van der Waals surface area contributed by atoms with Crippen molar-refractivity contribution in [2.75, 3.05) is 17.7 Å². The maximum atomic E-state index is 10.1. The maximum absolute atomic E-state index is 10.1. The number of hydrogen-bond donors (Lipinski definition) is 4. The Balaban J connectivity index is 1.74. The van der Waals surface area contributed by atoms with E-state index >= 15 is 0 Å². The van der Waals surface area contributed by atoms with Crippen molar-refractivity contribution in [3.63, 3.8) is 0 Å². The topological polar surface area (TPSA) is 131 Å². The normalized spacial score (nSPS) is 30.9. The minimum absolute atomic E-state index is 0.160. The lowest BCUT2D eigenvalue weighted by Crippen LogP contribution is -2.28. The Morgan fingerprint density at radius 2 is 2.22 bits per heavy atom. The third kappa shape index (κ3) is 2.41. The lowest BCUT2D eigenvalue weighted by atomic mass is 10.0. The number of nitrogens with zero attached hydrogens (tertiary/aromatic N) is 4. The predicted molar refractivity (Wildman–Crippen MR) is 82.5 cm³/mol. The Bertz CT molecular complexity index is 731. The van der Waals surface area contributed by atoms with Crippen LogP contribution < -0.4 is 11.1 Å². The third-order valence-electron chi connectivity index (χ3n) is 4.49. The highest BCUT2D eigenvalue weighted by molar-refractivity contribution is 5.84. The molecule has 2 aromatic rings. The first-order chi connectivity index (χ1) is 11.1. The number of rotatable bonds is 4. The van der Waals surface area contributed by atoms with Crippen LogP contribution in [0, 0.1) is 5.92 Å². The smallest absolute Gasteiger partial charge is 0.224 e. The molecule has 9 heteroatoms. The van der Waals surface area contributed by atoms with E-state index in [2.05, 4.69) is 20.3 Å². The molecule has 2 fully saturated rings. The van der Waals surface area contributed by atoms with E-state index in [1.54, 1.807) is 10.9 Å². The molecule has 0 aromatic carbocycles. The van der Waals surface area contributed by atoms with Gasteiger partial charge in [0.1, 0.15) is 12.3 Å². The van der Waals surface area contributed by atoms with Gasteiger partial charge in [0.2, 0.25) is 5.95 Å². The zero-order valence-corrected chi connectivity index (χ0v) is 12.8. The highest BCUT2D eigenvalue weighted by Gasteiger charge is 2.42. The Kier molecular flexibility index (Phi) is 3.36. The van der Waals surface area contributed by atoms with Gasteiger partial charge in [-0.25, -0.2) is 4.98 Å². The van der Waals surface area contributed by atoms with Crippen molar-refractivity contribution in [3.8, 4) is 0 Å². The molecule has 1 saturated carbocycles. The number of anilines is 2. The van der Waals surface area contributed by atoms with Gasteiger partial charge in [-0.2, -0.15) is 9.97 Å². The Morgan fingerprint density at radius 1 is 1.43 bits per heavy atom. The maximum Gasteiger partial charge on any atom is 0.224 e. The molecule has 1 aliphatic carbocycles. The van der Waals surface area contributed by atoms with E-state index < -0.39 is 18.4 Å². The summed E-state index contributed by atoms with van der Waals surface area (Å²) in [5.41, 5.74) is 7.02. The van der Waals surface area contributed by atoms with Gasteiger partial charge in [-0.3, -0.25) is 4.57 Å². The Labute approximate surface area is 132 Å². The molecule has 5 N–H and O–H groups in total. The number of aromatic nitrogens is 4. The van der Waals surface area contributed by atoms with Gasteiger partial charge >= 0.3 is 0 Å². The van der Waals surface area contributed by atoms with Crippen molar-refractivity contribution in [3.05, 3.63) is 6.33 Å². The largest absolute Gasteiger partial charge is 0.394 e. The first-order valence-corrected chi connectivity index (χ1v) is 7.79. The number of nitrogens with two attached hydrogens (primary N) is 1. The van der Waals surface area contributed by atoms with E-state index in [9.17, 15) is 10.2 Å². The fourth-order valence-electron chi connectivity index (χ4n) is 3.00. The van der Waals surface area contributed by atoms with Crippen molar-refractivity contribution in [2.24, 2.45) is 5.92 Å². The quantitative estimate of drug-likeness (QED) is 0.612. The summed E-state index contributed by atoms with van der Waals surface area (Å²) in [5, 5.41) is 22.8. The molecule has 2 aliphatic rings. The summed E-state index contributed by atoms with van der Waals surface area (Å²) in [6.07, 6.45) is 2.01. The minimum atomic E-state index is -0.745. The SMILES string of the molecule is C[C@@H]1C(n2cnc3c(NC4CC4)nc(N)nc32)OC(CO)[C@H]1O. The molecule has 2 unspecified atom stereocenters. The molecular weight excluding hydrogens is 300 g/mol. The second-order valence-corrected chi connectivity index (χ2v) is 6.27. The molecule has 0 spiro atoms. The second-order valence-electron chi connectivity index (χ2n) is 6.27. The molecule has 1 aliphatic heterocycles. The summed E-state index contributed by atoms with van der Waals surface area (Å²) >= 11 is 0. The lowest BCUT2D eigenvalue weighted by Gasteiger charge is -2.17. The molecule has 4 atom stereocenters. The van der Waals surface area contributed by atoms with Gasteiger partial charge in [-0.05, 0) is 12.8 Å². The van der Waals surface area contributed by atoms with Crippen LogP contribution in [0.5, 0.6) is 0 Å². The Morgan fingerprint density at radius 3 is 2.87 bits per heavy atom. The molecule has 4 rings (SSSR count). The molecule has 3 heterocycles. The first kappa shape index (κ1) is 14.6. The van der Waals surface area contributed by atoms with Gasteiger partial charge in [-0.1, -0.05) is 6.92 Å². The molecule has 1 saturated heterocycles. The summed E-state index contributed by atoms with van der Waals surface area (Å²) in [6.45, 7) is 1.63. The first-order valence-electron chi connectivity index (χ1n) is 7.79. The molecular formula is C14H20N6O3. The van der Waals surface area contributed by atoms with E-state index in [1.165, 1.54) is 0 Å². The fraction of sp³-hybridized carbons (Fsp3) is 0.643. The zero-order chi connectivity index (χ0) is 16.1. The molecule has 23 heavy (non-hydrogen) atoms. The fourth-order valence-corrected chi connectivity index (χ4v) is 3.00. The van der Waals surface area contributed by atoms with Crippen molar-refractivity contribution in [2.45, 2.75) is 44.2 Å². The second kappa shape index (κ2) is 5.29. The van der Waals surface area contributed by atoms with Gasteiger partial charge in [0.25, 0.3) is 0 Å². The summed E-state index contributed by atoms with van der Waals surface area (Å²) in [7, 11) is 0. The lowest BCUT2D eigenvalue weighted by molar-refractivity contribution is -0.0447. The zero-order valence-electron chi connectivity index (χ0n) is 12.8. The van der Waals surface area contributed by atoms with Crippen LogP contribution in [0.25, 0.3) is 11.2 Å². The van der Waals surface area contributed by atoms with Crippen LogP contribution in [0.1, 0.15) is 26.0 Å². The van der Waals surface area contributed by atoms with E-state index in [0.717, 1.165) is 12.8 Å². The highest BCUT2D eigenvalue weighted by atomic mass is 16.5.